The molecule has 3 N–H and O–H groups in total. The van der Waals surface area contributed by atoms with Gasteiger partial charge in [0, 0.05) is 5.56 Å². The van der Waals surface area contributed by atoms with Crippen molar-refractivity contribution in [2.45, 2.75) is 23.8 Å². The minimum atomic E-state index is -0.587. The Kier molecular flexibility index (Phi) is 8.05. The summed E-state index contributed by atoms with van der Waals surface area (Å²) in [5.41, 5.74) is 7.38. The zero-order chi connectivity index (χ0) is 18.4. The first-order valence-electron chi connectivity index (χ1n) is 8.81. The van der Waals surface area contributed by atoms with Gasteiger partial charge in [-0.25, -0.2) is 0 Å². The molecule has 3 aromatic carbocycles. The predicted molar refractivity (Wildman–Crippen MR) is 106 cm³/mol. The summed E-state index contributed by atoms with van der Waals surface area (Å²) in [6.07, 6.45) is 0.520. The highest BCUT2D eigenvalue weighted by atomic mass is 35.5. The second-order valence-corrected chi connectivity index (χ2v) is 6.99. The highest BCUT2D eigenvalue weighted by Crippen LogP contribution is 2.31. The molecule has 0 spiro atoms. The van der Waals surface area contributed by atoms with Gasteiger partial charge in [0.2, 0.25) is 0 Å². The van der Waals surface area contributed by atoms with Gasteiger partial charge in [-0.3, -0.25) is 4.79 Å². The van der Waals surface area contributed by atoms with E-state index in [1.807, 2.05) is 91.0 Å². The molecule has 0 fully saturated rings. The Morgan fingerprint density at radius 3 is 1.74 bits per heavy atom. The fourth-order valence-electron chi connectivity index (χ4n) is 3.26. The molecule has 3 unspecified atom stereocenters. The van der Waals surface area contributed by atoms with Crippen LogP contribution in [0.3, 0.4) is 0 Å². The summed E-state index contributed by atoms with van der Waals surface area (Å²) >= 11 is 6.56. The van der Waals surface area contributed by atoms with Gasteiger partial charge < -0.3 is 18.1 Å². The van der Waals surface area contributed by atoms with E-state index in [9.17, 15) is 4.79 Å². The molecule has 0 saturated carbocycles. The average Bonchev–Trinajstić information content (AvgIpc) is 2.70. The Hall–Kier alpha value is -2.13. The quantitative estimate of drug-likeness (QED) is 0.595. The van der Waals surface area contributed by atoms with Crippen LogP contribution in [0.2, 0.25) is 0 Å². The lowest BCUT2D eigenvalue weighted by Crippen LogP contribution is -3.00. The van der Waals surface area contributed by atoms with Gasteiger partial charge in [0.05, 0.1) is 5.38 Å². The van der Waals surface area contributed by atoms with E-state index < -0.39 is 5.38 Å². The number of carbonyl (C=O) groups excluding carboxylic acids is 1. The minimum Gasteiger partial charge on any atom is -1.00 e. The van der Waals surface area contributed by atoms with Crippen molar-refractivity contribution in [1.29, 1.82) is 0 Å². The van der Waals surface area contributed by atoms with E-state index in [0.29, 0.717) is 6.42 Å². The number of ketones is 1. The summed E-state index contributed by atoms with van der Waals surface area (Å²) in [6.45, 7) is 0. The molecule has 3 aromatic rings. The third-order valence-electron chi connectivity index (χ3n) is 4.66. The summed E-state index contributed by atoms with van der Waals surface area (Å²) in [7, 11) is 0. The first-order valence-corrected chi connectivity index (χ1v) is 9.25. The van der Waals surface area contributed by atoms with Crippen LogP contribution in [0.25, 0.3) is 0 Å². The fraction of sp³-hybridized carbons (Fsp3) is 0.174. The predicted octanol–water partition coefficient (Wildman–Crippen LogP) is 1.18. The van der Waals surface area contributed by atoms with Crippen LogP contribution in [0, 0.1) is 0 Å². The molecular formula is C23H23Cl2NO. The summed E-state index contributed by atoms with van der Waals surface area (Å²) < 4.78 is 0. The summed E-state index contributed by atoms with van der Waals surface area (Å²) in [5.74, 6) is -0.351. The van der Waals surface area contributed by atoms with Crippen LogP contribution in [-0.2, 0) is 11.2 Å². The van der Waals surface area contributed by atoms with E-state index in [2.05, 4.69) is 5.73 Å². The van der Waals surface area contributed by atoms with Crippen LogP contribution in [0.4, 0.5) is 0 Å². The van der Waals surface area contributed by atoms with Gasteiger partial charge in [-0.2, -0.15) is 0 Å². The molecule has 3 atom stereocenters. The third-order valence-corrected chi connectivity index (χ3v) is 5.03. The smallest absolute Gasteiger partial charge is 0.164 e. The Bertz CT molecular complexity index is 825. The zero-order valence-corrected chi connectivity index (χ0v) is 16.5. The van der Waals surface area contributed by atoms with Crippen LogP contribution in [0.1, 0.15) is 28.7 Å². The van der Waals surface area contributed by atoms with E-state index in [1.165, 1.54) is 0 Å². The molecule has 2 nitrogen and oxygen atoms in total. The molecular weight excluding hydrogens is 377 g/mol. The largest absolute Gasteiger partial charge is 1.00 e. The molecule has 0 aliphatic carbocycles. The monoisotopic (exact) mass is 399 g/mol. The number of hydrogen-bond acceptors (Lipinski definition) is 1. The molecule has 0 aromatic heterocycles. The standard InChI is InChI=1S/C23H22ClNO.ClH/c24-20(16-17-10-4-1-5-11-17)23(26)21(18-12-6-2-7-13-18)22(25)19-14-8-3-9-15-19;/h1-15,20-22H,16,25H2;1H. The Morgan fingerprint density at radius 1 is 0.778 bits per heavy atom. The van der Waals surface area contributed by atoms with Crippen molar-refractivity contribution in [3.63, 3.8) is 0 Å². The highest BCUT2D eigenvalue weighted by Gasteiger charge is 2.35. The summed E-state index contributed by atoms with van der Waals surface area (Å²) in [4.78, 5) is 13.3. The van der Waals surface area contributed by atoms with Crippen LogP contribution in [0.5, 0.6) is 0 Å². The number of carbonyl (C=O) groups is 1. The Balaban J connectivity index is 0.00000261. The van der Waals surface area contributed by atoms with E-state index in [-0.39, 0.29) is 30.2 Å². The van der Waals surface area contributed by atoms with Gasteiger partial charge in [0.15, 0.2) is 5.78 Å². The molecule has 0 saturated heterocycles. The highest BCUT2D eigenvalue weighted by molar-refractivity contribution is 6.32. The van der Waals surface area contributed by atoms with Crippen molar-refractivity contribution in [2.24, 2.45) is 0 Å². The van der Waals surface area contributed by atoms with Crippen molar-refractivity contribution in [1.82, 2.24) is 0 Å². The topological polar surface area (TPSA) is 44.7 Å². The van der Waals surface area contributed by atoms with E-state index in [4.69, 9.17) is 11.6 Å². The van der Waals surface area contributed by atoms with Crippen molar-refractivity contribution >= 4 is 17.4 Å². The molecule has 0 bridgehead atoms. The maximum absolute atomic E-state index is 13.3. The van der Waals surface area contributed by atoms with Crippen LogP contribution in [-0.4, -0.2) is 11.2 Å². The maximum atomic E-state index is 13.3. The lowest BCUT2D eigenvalue weighted by atomic mass is 9.82. The van der Waals surface area contributed by atoms with Crippen LogP contribution < -0.4 is 18.1 Å². The average molecular weight is 400 g/mol. The normalized spacial score (nSPS) is 13.9. The number of alkyl halides is 1. The van der Waals surface area contributed by atoms with Gasteiger partial charge in [-0.1, -0.05) is 91.0 Å². The zero-order valence-electron chi connectivity index (χ0n) is 15.0. The summed E-state index contributed by atoms with van der Waals surface area (Å²) in [5, 5.41) is -0.587. The number of halogens is 2. The van der Waals surface area contributed by atoms with Crippen molar-refractivity contribution in [2.75, 3.05) is 0 Å². The van der Waals surface area contributed by atoms with Gasteiger partial charge in [-0.05, 0) is 17.5 Å². The summed E-state index contributed by atoms with van der Waals surface area (Å²) in [6, 6.07) is 29.5. The van der Waals surface area contributed by atoms with Crippen molar-refractivity contribution < 1.29 is 22.9 Å². The molecule has 0 heterocycles. The molecule has 140 valence electrons. The fourth-order valence-corrected chi connectivity index (χ4v) is 3.58. The van der Waals surface area contributed by atoms with Crippen LogP contribution in [0.15, 0.2) is 91.0 Å². The van der Waals surface area contributed by atoms with Crippen molar-refractivity contribution in [3.8, 4) is 0 Å². The number of benzene rings is 3. The molecule has 0 aliphatic heterocycles. The van der Waals surface area contributed by atoms with Crippen molar-refractivity contribution in [3.05, 3.63) is 108 Å². The molecule has 0 radical (unpaired) electrons. The van der Waals surface area contributed by atoms with E-state index in [1.54, 1.807) is 0 Å². The first kappa shape index (κ1) is 21.2. The maximum Gasteiger partial charge on any atom is 0.164 e. The lowest BCUT2D eigenvalue weighted by molar-refractivity contribution is -0.429. The van der Waals surface area contributed by atoms with Gasteiger partial charge in [-0.15, -0.1) is 11.6 Å². The Labute approximate surface area is 171 Å². The lowest BCUT2D eigenvalue weighted by Gasteiger charge is -2.23. The van der Waals surface area contributed by atoms with E-state index in [0.717, 1.165) is 16.7 Å². The van der Waals surface area contributed by atoms with Gasteiger partial charge in [0.25, 0.3) is 0 Å². The molecule has 3 rings (SSSR count). The van der Waals surface area contributed by atoms with Crippen LogP contribution >= 0.6 is 11.6 Å². The number of hydrogen-bond donors (Lipinski definition) is 1. The molecule has 4 heteroatoms. The number of Topliss-reactive ketones (excluding diaryl/α,β-unsaturated/α-hetero) is 1. The SMILES string of the molecule is [Cl-].[NH3+]C(c1ccccc1)C(C(=O)C(Cl)Cc1ccccc1)c1ccccc1. The number of quaternary nitrogens is 1. The second-order valence-electron chi connectivity index (χ2n) is 6.47. The molecule has 27 heavy (non-hydrogen) atoms. The van der Waals surface area contributed by atoms with Gasteiger partial charge >= 0.3 is 0 Å². The third kappa shape index (κ3) is 5.43. The number of rotatable bonds is 7. The molecule has 0 amide bonds. The minimum absolute atomic E-state index is 0. The molecule has 0 aliphatic rings. The van der Waals surface area contributed by atoms with Gasteiger partial charge in [0.1, 0.15) is 12.0 Å². The first-order chi connectivity index (χ1) is 12.7. The van der Waals surface area contributed by atoms with E-state index >= 15 is 0 Å². The second kappa shape index (κ2) is 10.3. The Morgan fingerprint density at radius 2 is 1.22 bits per heavy atom.